The van der Waals surface area contributed by atoms with E-state index in [1.165, 1.54) is 0 Å². The number of carbonyl (C=O) groups is 2. The van der Waals surface area contributed by atoms with Crippen LogP contribution in [0.2, 0.25) is 0 Å². The molecule has 0 aliphatic carbocycles. The van der Waals surface area contributed by atoms with E-state index in [2.05, 4.69) is 15.5 Å². The summed E-state index contributed by atoms with van der Waals surface area (Å²) < 4.78 is 1.60. The second kappa shape index (κ2) is 5.99. The van der Waals surface area contributed by atoms with Gasteiger partial charge in [-0.2, -0.15) is 5.10 Å². The van der Waals surface area contributed by atoms with Crippen LogP contribution in [-0.2, 0) is 4.79 Å². The van der Waals surface area contributed by atoms with Gasteiger partial charge in [0.1, 0.15) is 23.6 Å². The second-order valence-electron chi connectivity index (χ2n) is 5.18. The molecule has 0 aliphatic heterocycles. The average molecular weight is 326 g/mol. The maximum atomic E-state index is 12.8. The van der Waals surface area contributed by atoms with E-state index in [0.717, 1.165) is 0 Å². The molecular weight excluding hydrogens is 312 g/mol. The molecule has 2 heterocycles. The number of nitrogens with one attached hydrogen (secondary N) is 2. The van der Waals surface area contributed by atoms with Crippen LogP contribution in [0, 0.1) is 6.92 Å². The number of pyridine rings is 1. The van der Waals surface area contributed by atoms with Crippen molar-refractivity contribution < 1.29 is 14.7 Å². The summed E-state index contributed by atoms with van der Waals surface area (Å²) in [6.45, 7) is 1.15. The van der Waals surface area contributed by atoms with E-state index >= 15 is 0 Å². The Morgan fingerprint density at radius 3 is 2.67 bits per heavy atom. The molecular formula is C16H14N4O4. The number of carboxylic acid groups (broad SMARTS) is 1. The van der Waals surface area contributed by atoms with Gasteiger partial charge in [-0.25, -0.2) is 0 Å². The molecule has 0 saturated heterocycles. The van der Waals surface area contributed by atoms with Crippen LogP contribution >= 0.6 is 0 Å². The Morgan fingerprint density at radius 2 is 2.00 bits per heavy atom. The summed E-state index contributed by atoms with van der Waals surface area (Å²) in [7, 11) is 0. The molecule has 8 heteroatoms. The minimum atomic E-state index is -1.19. The van der Waals surface area contributed by atoms with Crippen LogP contribution in [0.3, 0.4) is 0 Å². The van der Waals surface area contributed by atoms with Gasteiger partial charge in [0.25, 0.3) is 5.91 Å². The first-order valence-electron chi connectivity index (χ1n) is 7.15. The van der Waals surface area contributed by atoms with Gasteiger partial charge >= 0.3 is 5.97 Å². The van der Waals surface area contributed by atoms with Crippen LogP contribution in [0.25, 0.3) is 16.8 Å². The molecule has 0 saturated carbocycles. The Labute approximate surface area is 135 Å². The zero-order chi connectivity index (χ0) is 17.3. The SMILES string of the molecule is Cc1n[nH]c2c(C(=O)NCC(=O)O)c(=O)c(-c3ccccc3)cn12. The van der Waals surface area contributed by atoms with Crippen LogP contribution in [0.15, 0.2) is 41.3 Å². The number of fused-ring (bicyclic) bond motifs is 1. The van der Waals surface area contributed by atoms with Crippen molar-refractivity contribution in [2.45, 2.75) is 6.92 Å². The lowest BCUT2D eigenvalue weighted by Crippen LogP contribution is -2.33. The van der Waals surface area contributed by atoms with Gasteiger partial charge in [0.05, 0.1) is 0 Å². The Hall–Kier alpha value is -3.42. The first-order valence-corrected chi connectivity index (χ1v) is 7.15. The van der Waals surface area contributed by atoms with Gasteiger partial charge in [-0.15, -0.1) is 0 Å². The number of carbonyl (C=O) groups excluding carboxylic acids is 1. The van der Waals surface area contributed by atoms with Gasteiger partial charge in [-0.3, -0.25) is 23.9 Å². The standard InChI is InChI=1S/C16H14N4O4/c1-9-18-19-15-13(16(24)17-7-12(21)22)14(23)11(8-20(9)15)10-5-3-2-4-6-10/h2-6,8,19H,7H2,1H3,(H,17,24)(H,21,22). The zero-order valence-corrected chi connectivity index (χ0v) is 12.7. The second-order valence-corrected chi connectivity index (χ2v) is 5.18. The molecule has 0 fully saturated rings. The third-order valence-electron chi connectivity index (χ3n) is 3.59. The van der Waals surface area contributed by atoms with Crippen LogP contribution in [0.5, 0.6) is 0 Å². The van der Waals surface area contributed by atoms with E-state index < -0.39 is 23.9 Å². The molecule has 3 aromatic rings. The molecule has 0 aliphatic rings. The third kappa shape index (κ3) is 2.65. The van der Waals surface area contributed by atoms with E-state index in [1.54, 1.807) is 41.8 Å². The fourth-order valence-electron chi connectivity index (χ4n) is 2.45. The Kier molecular flexibility index (Phi) is 3.87. The lowest BCUT2D eigenvalue weighted by Gasteiger charge is -2.08. The van der Waals surface area contributed by atoms with Crippen molar-refractivity contribution >= 4 is 17.5 Å². The molecule has 1 amide bonds. The van der Waals surface area contributed by atoms with Crippen molar-refractivity contribution in [3.05, 3.63) is 58.1 Å². The summed E-state index contributed by atoms with van der Waals surface area (Å²) >= 11 is 0. The smallest absolute Gasteiger partial charge is 0.322 e. The number of hydrogen-bond donors (Lipinski definition) is 3. The summed E-state index contributed by atoms with van der Waals surface area (Å²) in [6.07, 6.45) is 1.61. The van der Waals surface area contributed by atoms with E-state index in [-0.39, 0.29) is 11.2 Å². The molecule has 8 nitrogen and oxygen atoms in total. The highest BCUT2D eigenvalue weighted by Gasteiger charge is 2.21. The summed E-state index contributed by atoms with van der Waals surface area (Å²) in [6, 6.07) is 8.92. The molecule has 0 bridgehead atoms. The van der Waals surface area contributed by atoms with Crippen molar-refractivity contribution in [2.24, 2.45) is 0 Å². The number of hydrogen-bond acceptors (Lipinski definition) is 4. The average Bonchev–Trinajstić information content (AvgIpc) is 2.93. The highest BCUT2D eigenvalue weighted by atomic mass is 16.4. The highest BCUT2D eigenvalue weighted by molar-refractivity contribution is 6.01. The predicted octanol–water partition coefficient (Wildman–Crippen LogP) is 0.812. The Bertz CT molecular complexity index is 988. The van der Waals surface area contributed by atoms with Gasteiger partial charge in [0.2, 0.25) is 5.43 Å². The number of H-pyrrole nitrogens is 1. The van der Waals surface area contributed by atoms with Crippen molar-refractivity contribution in [3.8, 4) is 11.1 Å². The topological polar surface area (TPSA) is 117 Å². The molecule has 3 rings (SSSR count). The van der Waals surface area contributed by atoms with Gasteiger partial charge in [0.15, 0.2) is 0 Å². The lowest BCUT2D eigenvalue weighted by atomic mass is 10.0. The molecule has 122 valence electrons. The number of nitrogens with zero attached hydrogens (tertiary/aromatic N) is 2. The third-order valence-corrected chi connectivity index (χ3v) is 3.59. The molecule has 0 radical (unpaired) electrons. The summed E-state index contributed by atoms with van der Waals surface area (Å²) in [5.74, 6) is -1.39. The van der Waals surface area contributed by atoms with Crippen LogP contribution in [-0.4, -0.2) is 38.1 Å². The summed E-state index contributed by atoms with van der Waals surface area (Å²) in [5.41, 5.74) is 0.550. The monoisotopic (exact) mass is 326 g/mol. The Balaban J connectivity index is 2.23. The molecule has 24 heavy (non-hydrogen) atoms. The first-order chi connectivity index (χ1) is 11.5. The molecule has 0 spiro atoms. The number of amides is 1. The van der Waals surface area contributed by atoms with E-state index in [1.807, 2.05) is 6.07 Å². The van der Waals surface area contributed by atoms with E-state index in [0.29, 0.717) is 17.0 Å². The van der Waals surface area contributed by atoms with Crippen molar-refractivity contribution in [2.75, 3.05) is 6.54 Å². The fourth-order valence-corrected chi connectivity index (χ4v) is 2.45. The van der Waals surface area contributed by atoms with Gasteiger partial charge < -0.3 is 10.4 Å². The minimum absolute atomic E-state index is 0.168. The minimum Gasteiger partial charge on any atom is -0.480 e. The van der Waals surface area contributed by atoms with Crippen molar-refractivity contribution in [1.82, 2.24) is 19.9 Å². The van der Waals surface area contributed by atoms with Crippen LogP contribution in [0.1, 0.15) is 16.2 Å². The van der Waals surface area contributed by atoms with Gasteiger partial charge in [-0.1, -0.05) is 30.3 Å². The number of aryl methyl sites for hydroxylation is 1. The number of aromatic nitrogens is 3. The number of aliphatic carboxylic acids is 1. The number of aromatic amines is 1. The van der Waals surface area contributed by atoms with E-state index in [9.17, 15) is 14.4 Å². The summed E-state index contributed by atoms with van der Waals surface area (Å²) in [4.78, 5) is 35.8. The largest absolute Gasteiger partial charge is 0.480 e. The van der Waals surface area contributed by atoms with Gasteiger partial charge in [0, 0.05) is 11.8 Å². The predicted molar refractivity (Wildman–Crippen MR) is 86.0 cm³/mol. The Morgan fingerprint density at radius 1 is 1.29 bits per heavy atom. The van der Waals surface area contributed by atoms with Crippen molar-refractivity contribution in [1.29, 1.82) is 0 Å². The van der Waals surface area contributed by atoms with Crippen molar-refractivity contribution in [3.63, 3.8) is 0 Å². The maximum absolute atomic E-state index is 12.8. The lowest BCUT2D eigenvalue weighted by molar-refractivity contribution is -0.135. The molecule has 1 aromatic carbocycles. The summed E-state index contributed by atoms with van der Waals surface area (Å²) in [5, 5.41) is 17.6. The molecule has 0 unspecified atom stereocenters. The maximum Gasteiger partial charge on any atom is 0.322 e. The first kappa shape index (κ1) is 15.5. The molecule has 2 aromatic heterocycles. The van der Waals surface area contributed by atoms with Crippen LogP contribution < -0.4 is 10.7 Å². The number of carboxylic acids is 1. The van der Waals surface area contributed by atoms with Crippen LogP contribution in [0.4, 0.5) is 0 Å². The number of rotatable bonds is 4. The fraction of sp³-hybridized carbons (Fsp3) is 0.125. The molecule has 0 atom stereocenters. The highest BCUT2D eigenvalue weighted by Crippen LogP contribution is 2.18. The number of benzene rings is 1. The zero-order valence-electron chi connectivity index (χ0n) is 12.7. The quantitative estimate of drug-likeness (QED) is 0.656. The normalized spacial score (nSPS) is 10.7. The van der Waals surface area contributed by atoms with Gasteiger partial charge in [-0.05, 0) is 12.5 Å². The molecule has 3 N–H and O–H groups in total. The van der Waals surface area contributed by atoms with E-state index in [4.69, 9.17) is 5.11 Å².